The van der Waals surface area contributed by atoms with Crippen molar-refractivity contribution in [3.8, 4) is 0 Å². The standard InChI is InChI=1S/C54H80N6O4/c61-53(57-41-17-9-37(10-18-41)29-33-59-49-25-26-50(59)46-6-2-1-5-45(46)49)55-31-35-63-43-21-13-39(14-22-43)40-15-23-44(24-16-40)64-36-32-56-54(62)58-42-19-11-38(12-20-42)30-34-60-51-27-28-52(60)48-8-4-3-7-47(48)51/h1-8,37-44,49-52H,9-36H2,(H2,55,57,61)(H2,56,58,62)/t37?,38?,39?,40?,41?,42?,43?,44?,49-,50+,51-,52+. The van der Waals surface area contributed by atoms with Gasteiger partial charge in [0.05, 0.1) is 25.4 Å². The maximum atomic E-state index is 12.7. The summed E-state index contributed by atoms with van der Waals surface area (Å²) < 4.78 is 12.5. The molecule has 4 heterocycles. The van der Waals surface area contributed by atoms with E-state index in [0.717, 1.165) is 75.0 Å². The summed E-state index contributed by atoms with van der Waals surface area (Å²) in [6.07, 6.45) is 27.3. The first-order valence-corrected chi connectivity index (χ1v) is 26.5. The third-order valence-corrected chi connectivity index (χ3v) is 18.0. The predicted octanol–water partition coefficient (Wildman–Crippen LogP) is 10.4. The molecule has 0 unspecified atom stereocenters. The van der Waals surface area contributed by atoms with Crippen molar-refractivity contribution < 1.29 is 19.1 Å². The zero-order chi connectivity index (χ0) is 43.2. The molecule has 8 aliphatic rings. The molecule has 4 aliphatic carbocycles. The molecule has 4 bridgehead atoms. The highest BCUT2D eigenvalue weighted by atomic mass is 16.5. The van der Waals surface area contributed by atoms with Gasteiger partial charge in [0.1, 0.15) is 0 Å². The minimum Gasteiger partial charge on any atom is -0.376 e. The monoisotopic (exact) mass is 877 g/mol. The summed E-state index contributed by atoms with van der Waals surface area (Å²) in [7, 11) is 0. The summed E-state index contributed by atoms with van der Waals surface area (Å²) in [6, 6.07) is 21.3. The van der Waals surface area contributed by atoms with E-state index in [0.29, 0.717) is 74.8 Å². The van der Waals surface area contributed by atoms with Crippen LogP contribution in [0.25, 0.3) is 0 Å². The number of urea groups is 2. The van der Waals surface area contributed by atoms with E-state index in [-0.39, 0.29) is 12.1 Å². The average Bonchev–Trinajstić information content (AvgIpc) is 4.10. The molecule has 2 saturated heterocycles. The van der Waals surface area contributed by atoms with Gasteiger partial charge in [0.25, 0.3) is 0 Å². The number of carbonyl (C=O) groups excluding carboxylic acids is 2. The number of fused-ring (bicyclic) bond motifs is 10. The predicted molar refractivity (Wildman–Crippen MR) is 253 cm³/mol. The highest BCUT2D eigenvalue weighted by Gasteiger charge is 2.44. The second-order valence-corrected chi connectivity index (χ2v) is 21.6. The van der Waals surface area contributed by atoms with Crippen LogP contribution in [0.5, 0.6) is 0 Å². The Labute approximate surface area is 384 Å². The van der Waals surface area contributed by atoms with Gasteiger partial charge in [0.15, 0.2) is 0 Å². The molecule has 4 N–H and O–H groups in total. The molecule has 0 aromatic heterocycles. The summed E-state index contributed by atoms with van der Waals surface area (Å²) in [5, 5.41) is 12.7. The fourth-order valence-corrected chi connectivity index (χ4v) is 14.5. The number of amides is 4. The zero-order valence-electron chi connectivity index (χ0n) is 38.9. The molecule has 6 fully saturated rings. The quantitative estimate of drug-likeness (QED) is 0.118. The smallest absolute Gasteiger partial charge is 0.315 e. The van der Waals surface area contributed by atoms with Crippen molar-refractivity contribution in [3.05, 3.63) is 70.8 Å². The Bertz CT molecular complexity index is 1640. The number of rotatable bonds is 17. The lowest BCUT2D eigenvalue weighted by atomic mass is 9.72. The fraction of sp³-hybridized carbons (Fsp3) is 0.741. The van der Waals surface area contributed by atoms with Crippen LogP contribution in [0.2, 0.25) is 0 Å². The molecular formula is C54H80N6O4. The normalized spacial score (nSPS) is 34.6. The van der Waals surface area contributed by atoms with Crippen molar-refractivity contribution in [1.82, 2.24) is 31.1 Å². The number of carbonyl (C=O) groups is 2. The summed E-state index contributed by atoms with van der Waals surface area (Å²) >= 11 is 0. The molecule has 10 rings (SSSR count). The largest absolute Gasteiger partial charge is 0.376 e. The molecule has 2 aromatic rings. The van der Waals surface area contributed by atoms with Gasteiger partial charge in [0, 0.05) is 49.3 Å². The van der Waals surface area contributed by atoms with Crippen LogP contribution in [0.3, 0.4) is 0 Å². The lowest BCUT2D eigenvalue weighted by Crippen LogP contribution is -2.44. The van der Waals surface area contributed by atoms with Crippen molar-refractivity contribution in [3.63, 3.8) is 0 Å². The Morgan fingerprint density at radius 2 is 0.797 bits per heavy atom. The highest BCUT2D eigenvalue weighted by Crippen LogP contribution is 2.54. The topological polar surface area (TPSA) is 107 Å². The van der Waals surface area contributed by atoms with Crippen LogP contribution in [0.4, 0.5) is 9.59 Å². The lowest BCUT2D eigenvalue weighted by molar-refractivity contribution is -0.00864. The summed E-state index contributed by atoms with van der Waals surface area (Å²) in [4.78, 5) is 31.0. The van der Waals surface area contributed by atoms with Crippen LogP contribution < -0.4 is 21.3 Å². The molecule has 4 amide bonds. The van der Waals surface area contributed by atoms with Crippen LogP contribution >= 0.6 is 0 Å². The molecule has 2 aromatic carbocycles. The SMILES string of the molecule is O=C(NCCOC1CCC(C2CCC(OCCNC(=O)NC3CCC(CCN4[C@@H]5CC[C@H]4c4ccccc45)CC3)CC2)CC1)NC1CCC(CCN2[C@@H]3CC[C@H]2c2ccccc23)CC1. The third-order valence-electron chi connectivity index (χ3n) is 18.0. The molecule has 10 nitrogen and oxygen atoms in total. The van der Waals surface area contributed by atoms with E-state index in [1.807, 2.05) is 0 Å². The van der Waals surface area contributed by atoms with Crippen LogP contribution in [0, 0.1) is 23.7 Å². The average molecular weight is 877 g/mol. The van der Waals surface area contributed by atoms with Crippen LogP contribution in [0.1, 0.15) is 188 Å². The first kappa shape index (κ1) is 44.6. The van der Waals surface area contributed by atoms with Gasteiger partial charge in [-0.2, -0.15) is 0 Å². The number of nitrogens with one attached hydrogen (secondary N) is 4. The summed E-state index contributed by atoms with van der Waals surface area (Å²) in [5.41, 5.74) is 6.33. The van der Waals surface area contributed by atoms with Gasteiger partial charge in [-0.05, 0) is 200 Å². The Hall–Kier alpha value is -3.18. The third kappa shape index (κ3) is 10.5. The minimum atomic E-state index is -0.0339. The molecule has 4 atom stereocenters. The number of benzene rings is 2. The van der Waals surface area contributed by atoms with Gasteiger partial charge in [-0.15, -0.1) is 0 Å². The van der Waals surface area contributed by atoms with Crippen molar-refractivity contribution in [2.45, 2.75) is 190 Å². The maximum absolute atomic E-state index is 12.7. The number of ether oxygens (including phenoxy) is 2. The van der Waals surface area contributed by atoms with Crippen molar-refractivity contribution in [2.24, 2.45) is 23.7 Å². The van der Waals surface area contributed by atoms with E-state index in [1.165, 1.54) is 103 Å². The molecular weight excluding hydrogens is 797 g/mol. The number of nitrogens with zero attached hydrogens (tertiary/aromatic N) is 2. The first-order valence-electron chi connectivity index (χ1n) is 26.5. The van der Waals surface area contributed by atoms with Gasteiger partial charge in [-0.25, -0.2) is 9.59 Å². The number of hydrogen-bond acceptors (Lipinski definition) is 6. The Morgan fingerprint density at radius 3 is 1.14 bits per heavy atom. The van der Waals surface area contributed by atoms with Crippen LogP contribution in [-0.2, 0) is 9.47 Å². The Morgan fingerprint density at radius 1 is 0.453 bits per heavy atom. The van der Waals surface area contributed by atoms with Gasteiger partial charge in [-0.1, -0.05) is 48.5 Å². The molecule has 350 valence electrons. The number of hydrogen-bond donors (Lipinski definition) is 4. The molecule has 4 saturated carbocycles. The lowest BCUT2D eigenvalue weighted by Gasteiger charge is -2.37. The Kier molecular flexibility index (Phi) is 14.8. The first-order chi connectivity index (χ1) is 31.5. The molecule has 0 spiro atoms. The second-order valence-electron chi connectivity index (χ2n) is 21.6. The van der Waals surface area contributed by atoms with E-state index >= 15 is 0 Å². The van der Waals surface area contributed by atoms with Gasteiger partial charge in [-0.3, -0.25) is 9.80 Å². The fourth-order valence-electron chi connectivity index (χ4n) is 14.5. The van der Waals surface area contributed by atoms with Gasteiger partial charge in [0.2, 0.25) is 0 Å². The van der Waals surface area contributed by atoms with E-state index in [9.17, 15) is 9.59 Å². The van der Waals surface area contributed by atoms with Crippen molar-refractivity contribution in [2.75, 3.05) is 39.4 Å². The van der Waals surface area contributed by atoms with Gasteiger partial charge >= 0.3 is 12.1 Å². The maximum Gasteiger partial charge on any atom is 0.315 e. The van der Waals surface area contributed by atoms with E-state index in [4.69, 9.17) is 9.47 Å². The zero-order valence-corrected chi connectivity index (χ0v) is 38.9. The van der Waals surface area contributed by atoms with E-state index < -0.39 is 0 Å². The summed E-state index contributed by atoms with van der Waals surface area (Å²) in [5.74, 6) is 3.15. The summed E-state index contributed by atoms with van der Waals surface area (Å²) in [6.45, 7) is 4.76. The molecule has 0 radical (unpaired) electrons. The highest BCUT2D eigenvalue weighted by molar-refractivity contribution is 5.74. The molecule has 10 heteroatoms. The van der Waals surface area contributed by atoms with Gasteiger partial charge < -0.3 is 30.7 Å². The van der Waals surface area contributed by atoms with E-state index in [2.05, 4.69) is 79.6 Å². The van der Waals surface area contributed by atoms with Crippen molar-refractivity contribution >= 4 is 12.1 Å². The van der Waals surface area contributed by atoms with Crippen LogP contribution in [0.15, 0.2) is 48.5 Å². The second kappa shape index (κ2) is 21.2. The van der Waals surface area contributed by atoms with Crippen molar-refractivity contribution in [1.29, 1.82) is 0 Å². The van der Waals surface area contributed by atoms with E-state index in [1.54, 1.807) is 22.3 Å². The Balaban J connectivity index is 0.514. The minimum absolute atomic E-state index is 0.0339. The molecule has 4 aliphatic heterocycles. The molecule has 64 heavy (non-hydrogen) atoms. The van der Waals surface area contributed by atoms with Crippen LogP contribution in [-0.4, -0.2) is 85.5 Å².